The summed E-state index contributed by atoms with van der Waals surface area (Å²) in [5, 5.41) is 10.8. The summed E-state index contributed by atoms with van der Waals surface area (Å²) in [6, 6.07) is 21.5. The molecule has 0 radical (unpaired) electrons. The number of amides is 1. The highest BCUT2D eigenvalue weighted by molar-refractivity contribution is 7.16. The van der Waals surface area contributed by atoms with Gasteiger partial charge in [0.25, 0.3) is 0 Å². The van der Waals surface area contributed by atoms with Crippen molar-refractivity contribution < 1.29 is 4.79 Å². The van der Waals surface area contributed by atoms with Crippen LogP contribution < -0.4 is 10.6 Å². The molecule has 0 atom stereocenters. The zero-order valence-corrected chi connectivity index (χ0v) is 19.1. The molecule has 0 aliphatic heterocycles. The minimum atomic E-state index is -0.130. The maximum Gasteiger partial charge on any atom is 0.230 e. The summed E-state index contributed by atoms with van der Waals surface area (Å²) in [4.78, 5) is 21.8. The smallest absolute Gasteiger partial charge is 0.230 e. The first kappa shape index (κ1) is 20.8. The number of nitrogens with zero attached hydrogens (tertiary/aromatic N) is 4. The Labute approximate surface area is 195 Å². The highest BCUT2D eigenvalue weighted by Crippen LogP contribution is 2.28. The topological polar surface area (TPSA) is 84.7 Å². The third-order valence-corrected chi connectivity index (χ3v) is 6.05. The molecular weight excluding hydrogens is 432 g/mol. The van der Waals surface area contributed by atoms with Gasteiger partial charge in [0.1, 0.15) is 0 Å². The fourth-order valence-corrected chi connectivity index (χ4v) is 4.40. The molecule has 33 heavy (non-hydrogen) atoms. The third-order valence-electron chi connectivity index (χ3n) is 5.25. The lowest BCUT2D eigenvalue weighted by Gasteiger charge is -2.07. The van der Waals surface area contributed by atoms with E-state index in [-0.39, 0.29) is 12.3 Å². The average molecular weight is 455 g/mol. The summed E-state index contributed by atoms with van der Waals surface area (Å²) in [5.74, 6) is 0.581. The highest BCUT2D eigenvalue weighted by atomic mass is 32.1. The first-order chi connectivity index (χ1) is 16.1. The van der Waals surface area contributed by atoms with Crippen LogP contribution in [0.15, 0.2) is 72.2 Å². The van der Waals surface area contributed by atoms with Gasteiger partial charge in [-0.2, -0.15) is 5.10 Å². The predicted molar refractivity (Wildman–Crippen MR) is 133 cm³/mol. The Balaban J connectivity index is 1.49. The second-order valence-corrected chi connectivity index (χ2v) is 8.55. The van der Waals surface area contributed by atoms with Crippen LogP contribution >= 0.6 is 11.3 Å². The fourth-order valence-electron chi connectivity index (χ4n) is 3.68. The van der Waals surface area contributed by atoms with Crippen LogP contribution in [-0.4, -0.2) is 32.7 Å². The number of thiazole rings is 1. The Morgan fingerprint density at radius 2 is 1.88 bits per heavy atom. The fraction of sp³-hybridized carbons (Fsp3) is 0.120. The summed E-state index contributed by atoms with van der Waals surface area (Å²) in [5.41, 5.74) is 7.92. The van der Waals surface area contributed by atoms with Crippen molar-refractivity contribution in [3.8, 4) is 17.1 Å². The number of carbonyl (C=O) groups is 1. The molecule has 5 rings (SSSR count). The van der Waals surface area contributed by atoms with Crippen LogP contribution in [0.3, 0.4) is 0 Å². The van der Waals surface area contributed by atoms with E-state index in [0.717, 1.165) is 38.5 Å². The maximum atomic E-state index is 12.8. The summed E-state index contributed by atoms with van der Waals surface area (Å²) < 4.78 is 2.90. The number of pyridine rings is 1. The summed E-state index contributed by atoms with van der Waals surface area (Å²) in [6.45, 7) is 1.95. The molecule has 0 bridgehead atoms. The largest absolute Gasteiger partial charge is 0.388 e. The molecule has 164 valence electrons. The molecule has 7 nitrogen and oxygen atoms in total. The Kier molecular flexibility index (Phi) is 5.58. The van der Waals surface area contributed by atoms with Gasteiger partial charge in [0.15, 0.2) is 5.82 Å². The minimum absolute atomic E-state index is 0.130. The van der Waals surface area contributed by atoms with Gasteiger partial charge in [0.2, 0.25) is 5.91 Å². The van der Waals surface area contributed by atoms with Crippen molar-refractivity contribution >= 4 is 38.8 Å². The zero-order chi connectivity index (χ0) is 22.8. The summed E-state index contributed by atoms with van der Waals surface area (Å²) >= 11 is 1.60. The van der Waals surface area contributed by atoms with Crippen LogP contribution in [0.5, 0.6) is 0 Å². The Bertz CT molecular complexity index is 1450. The number of aromatic nitrogens is 4. The number of rotatable bonds is 6. The van der Waals surface area contributed by atoms with E-state index in [4.69, 9.17) is 5.10 Å². The van der Waals surface area contributed by atoms with Crippen LogP contribution in [0.1, 0.15) is 11.4 Å². The van der Waals surface area contributed by atoms with Crippen LogP contribution in [-0.2, 0) is 11.2 Å². The van der Waals surface area contributed by atoms with E-state index in [1.807, 2.05) is 80.1 Å². The van der Waals surface area contributed by atoms with Gasteiger partial charge in [-0.3, -0.25) is 4.79 Å². The monoisotopic (exact) mass is 454 g/mol. The highest BCUT2D eigenvalue weighted by Gasteiger charge is 2.16. The lowest BCUT2D eigenvalue weighted by molar-refractivity contribution is -0.115. The SMILES string of the molecule is CNc1cccc(NC(=O)Cc2cc(-c3ccc4ncsc4c3)n(-c3cccc(C)n3)n2)c1. The molecule has 5 aromatic rings. The molecular formula is C25H22N6OS. The normalized spacial score (nSPS) is 11.0. The molecule has 0 spiro atoms. The van der Waals surface area contributed by atoms with Crippen molar-refractivity contribution in [1.29, 1.82) is 0 Å². The van der Waals surface area contributed by atoms with Crippen LogP contribution in [0, 0.1) is 6.92 Å². The molecule has 2 N–H and O–H groups in total. The van der Waals surface area contributed by atoms with E-state index in [9.17, 15) is 4.79 Å². The predicted octanol–water partition coefficient (Wildman–Crippen LogP) is 5.08. The third kappa shape index (κ3) is 4.47. The van der Waals surface area contributed by atoms with Crippen molar-refractivity contribution in [2.45, 2.75) is 13.3 Å². The van der Waals surface area contributed by atoms with E-state index in [1.54, 1.807) is 16.0 Å². The van der Waals surface area contributed by atoms with E-state index in [0.29, 0.717) is 11.5 Å². The number of benzene rings is 2. The second-order valence-electron chi connectivity index (χ2n) is 7.66. The van der Waals surface area contributed by atoms with Gasteiger partial charge in [-0.05, 0) is 55.5 Å². The van der Waals surface area contributed by atoms with Crippen molar-refractivity contribution in [3.63, 3.8) is 0 Å². The van der Waals surface area contributed by atoms with Crippen LogP contribution in [0.2, 0.25) is 0 Å². The molecule has 0 saturated heterocycles. The molecule has 0 saturated carbocycles. The molecule has 0 aliphatic carbocycles. The molecule has 3 heterocycles. The quantitative estimate of drug-likeness (QED) is 0.374. The lowest BCUT2D eigenvalue weighted by Crippen LogP contribution is -2.15. The van der Waals surface area contributed by atoms with Gasteiger partial charge >= 0.3 is 0 Å². The van der Waals surface area contributed by atoms with Gasteiger partial charge in [-0.25, -0.2) is 14.6 Å². The Hall–Kier alpha value is -4.04. The van der Waals surface area contributed by atoms with Crippen molar-refractivity contribution in [2.24, 2.45) is 0 Å². The van der Waals surface area contributed by atoms with Gasteiger partial charge in [-0.15, -0.1) is 11.3 Å². The summed E-state index contributed by atoms with van der Waals surface area (Å²) in [6.07, 6.45) is 0.151. The molecule has 0 fully saturated rings. The first-order valence-corrected chi connectivity index (χ1v) is 11.4. The lowest BCUT2D eigenvalue weighted by atomic mass is 10.1. The molecule has 0 aliphatic rings. The average Bonchev–Trinajstić information content (AvgIpc) is 3.45. The van der Waals surface area contributed by atoms with Crippen LogP contribution in [0.4, 0.5) is 11.4 Å². The van der Waals surface area contributed by atoms with Crippen molar-refractivity contribution in [3.05, 3.63) is 83.6 Å². The van der Waals surface area contributed by atoms with Gasteiger partial charge < -0.3 is 10.6 Å². The first-order valence-electron chi connectivity index (χ1n) is 10.5. The number of fused-ring (bicyclic) bond motifs is 1. The maximum absolute atomic E-state index is 12.8. The van der Waals surface area contributed by atoms with Crippen LogP contribution in [0.25, 0.3) is 27.3 Å². The van der Waals surface area contributed by atoms with Crippen molar-refractivity contribution in [1.82, 2.24) is 19.7 Å². The zero-order valence-electron chi connectivity index (χ0n) is 18.2. The molecule has 2 aromatic carbocycles. The number of aryl methyl sites for hydroxylation is 1. The molecule has 0 unspecified atom stereocenters. The Morgan fingerprint density at radius 3 is 2.73 bits per heavy atom. The molecule has 8 heteroatoms. The Morgan fingerprint density at radius 1 is 1.03 bits per heavy atom. The number of nitrogens with one attached hydrogen (secondary N) is 2. The number of carbonyl (C=O) groups excluding carboxylic acids is 1. The van der Waals surface area contributed by atoms with E-state index in [1.165, 1.54) is 0 Å². The number of anilines is 2. The molecule has 1 amide bonds. The van der Waals surface area contributed by atoms with E-state index >= 15 is 0 Å². The van der Waals surface area contributed by atoms with Crippen molar-refractivity contribution in [2.75, 3.05) is 17.7 Å². The second kappa shape index (κ2) is 8.84. The van der Waals surface area contributed by atoms with E-state index < -0.39 is 0 Å². The molecule has 3 aromatic heterocycles. The standard InChI is InChI=1S/C25H22N6OS/c1-16-5-3-8-24(28-16)31-22(17-9-10-21-23(11-17)33-15-27-21)13-20(30-31)14-25(32)29-19-7-4-6-18(12-19)26-2/h3-13,15,26H,14H2,1-2H3,(H,29,32). The summed E-state index contributed by atoms with van der Waals surface area (Å²) in [7, 11) is 1.85. The number of hydrogen-bond donors (Lipinski definition) is 2. The van der Waals surface area contributed by atoms with Gasteiger partial charge in [0, 0.05) is 29.7 Å². The van der Waals surface area contributed by atoms with Gasteiger partial charge in [0.05, 0.1) is 33.5 Å². The van der Waals surface area contributed by atoms with Gasteiger partial charge in [-0.1, -0.05) is 18.2 Å². The van der Waals surface area contributed by atoms with E-state index in [2.05, 4.69) is 26.7 Å². The number of hydrogen-bond acceptors (Lipinski definition) is 6. The minimum Gasteiger partial charge on any atom is -0.388 e.